The summed E-state index contributed by atoms with van der Waals surface area (Å²) in [6.45, 7) is 1.04. The monoisotopic (exact) mass is 168 g/mol. The summed E-state index contributed by atoms with van der Waals surface area (Å²) < 4.78 is 5.28. The van der Waals surface area contributed by atoms with Crippen LogP contribution in [0.15, 0.2) is 24.5 Å². The Kier molecular flexibility index (Phi) is 4.12. The van der Waals surface area contributed by atoms with Crippen LogP contribution in [0.1, 0.15) is 0 Å². The van der Waals surface area contributed by atoms with Gasteiger partial charge in [-0.3, -0.25) is 9.82 Å². The van der Waals surface area contributed by atoms with Crippen molar-refractivity contribution in [2.45, 2.75) is 0 Å². The van der Waals surface area contributed by atoms with E-state index in [9.17, 15) is 0 Å². The van der Waals surface area contributed by atoms with E-state index in [1.165, 1.54) is 0 Å². The maximum Gasteiger partial charge on any atom is 0.137 e. The van der Waals surface area contributed by atoms with Crippen LogP contribution in [0.3, 0.4) is 0 Å². The normalized spacial score (nSPS) is 9.75. The summed E-state index contributed by atoms with van der Waals surface area (Å²) in [5.41, 5.74) is 2.56. The van der Waals surface area contributed by atoms with Crippen molar-refractivity contribution in [3.63, 3.8) is 0 Å². The lowest BCUT2D eigenvalue weighted by Gasteiger charge is -2.04. The molecule has 0 aliphatic heterocycles. The van der Waals surface area contributed by atoms with E-state index in [0.717, 1.165) is 5.75 Å². The third kappa shape index (κ3) is 3.32. The molecule has 0 aliphatic rings. The van der Waals surface area contributed by atoms with Gasteiger partial charge >= 0.3 is 0 Å². The molecular formula is C8H12N2O2. The van der Waals surface area contributed by atoms with E-state index >= 15 is 0 Å². The number of rotatable bonds is 5. The fourth-order valence-electron chi connectivity index (χ4n) is 0.736. The quantitative estimate of drug-likeness (QED) is 0.517. The highest BCUT2D eigenvalue weighted by Gasteiger charge is 1.90. The Morgan fingerprint density at radius 1 is 1.50 bits per heavy atom. The second kappa shape index (κ2) is 5.51. The number of hydroxylamine groups is 1. The predicted molar refractivity (Wildman–Crippen MR) is 44.7 cm³/mol. The lowest BCUT2D eigenvalue weighted by atomic mass is 10.5. The highest BCUT2D eigenvalue weighted by molar-refractivity contribution is 5.15. The highest BCUT2D eigenvalue weighted by Crippen LogP contribution is 2.04. The Balaban J connectivity index is 2.16. The summed E-state index contributed by atoms with van der Waals surface area (Å²) in [5.74, 6) is 0.761. The first kappa shape index (κ1) is 8.96. The minimum Gasteiger partial charge on any atom is -0.489 e. The van der Waals surface area contributed by atoms with Gasteiger partial charge in [-0.15, -0.1) is 0 Å². The molecule has 1 rings (SSSR count). The summed E-state index contributed by atoms with van der Waals surface area (Å²) in [6, 6.07) is 3.68. The van der Waals surface area contributed by atoms with Crippen LogP contribution in [0.25, 0.3) is 0 Å². The van der Waals surface area contributed by atoms with Gasteiger partial charge in [0.1, 0.15) is 19.0 Å². The fourth-order valence-corrected chi connectivity index (χ4v) is 0.736. The number of hydrogen-bond donors (Lipinski definition) is 1. The SMILES string of the molecule is CNOCCOc1cccnc1. The molecule has 0 unspecified atom stereocenters. The molecule has 0 aliphatic carbocycles. The van der Waals surface area contributed by atoms with Crippen LogP contribution in [-0.2, 0) is 4.84 Å². The van der Waals surface area contributed by atoms with E-state index in [-0.39, 0.29) is 0 Å². The fraction of sp³-hybridized carbons (Fsp3) is 0.375. The van der Waals surface area contributed by atoms with Gasteiger partial charge in [0, 0.05) is 13.2 Å². The van der Waals surface area contributed by atoms with Crippen LogP contribution < -0.4 is 10.2 Å². The summed E-state index contributed by atoms with van der Waals surface area (Å²) in [6.07, 6.45) is 3.37. The van der Waals surface area contributed by atoms with Gasteiger partial charge in [-0.25, -0.2) is 5.48 Å². The minimum absolute atomic E-state index is 0.519. The second-order valence-corrected chi connectivity index (χ2v) is 2.09. The van der Waals surface area contributed by atoms with E-state index < -0.39 is 0 Å². The molecule has 0 saturated heterocycles. The van der Waals surface area contributed by atoms with E-state index in [1.54, 1.807) is 19.4 Å². The summed E-state index contributed by atoms with van der Waals surface area (Å²) in [5, 5.41) is 0. The number of nitrogens with zero attached hydrogens (tertiary/aromatic N) is 1. The Labute approximate surface area is 71.5 Å². The molecule has 1 heterocycles. The molecule has 0 spiro atoms. The maximum atomic E-state index is 5.28. The zero-order chi connectivity index (χ0) is 8.65. The summed E-state index contributed by atoms with van der Waals surface area (Å²) in [4.78, 5) is 8.76. The third-order valence-corrected chi connectivity index (χ3v) is 1.23. The Bertz CT molecular complexity index is 203. The Hall–Kier alpha value is -1.13. The van der Waals surface area contributed by atoms with E-state index in [1.807, 2.05) is 12.1 Å². The molecule has 4 heteroatoms. The molecular weight excluding hydrogens is 156 g/mol. The minimum atomic E-state index is 0.519. The zero-order valence-corrected chi connectivity index (χ0v) is 6.99. The van der Waals surface area contributed by atoms with Crippen LogP contribution in [0.4, 0.5) is 0 Å². The molecule has 66 valence electrons. The van der Waals surface area contributed by atoms with E-state index in [2.05, 4.69) is 10.5 Å². The number of nitrogens with one attached hydrogen (secondary N) is 1. The van der Waals surface area contributed by atoms with Crippen molar-refractivity contribution in [1.82, 2.24) is 10.5 Å². The molecule has 4 nitrogen and oxygen atoms in total. The smallest absolute Gasteiger partial charge is 0.137 e. The lowest BCUT2D eigenvalue weighted by molar-refractivity contribution is 0.0367. The van der Waals surface area contributed by atoms with Crippen LogP contribution in [-0.4, -0.2) is 25.2 Å². The van der Waals surface area contributed by atoms with Crippen LogP contribution in [0.2, 0.25) is 0 Å². The van der Waals surface area contributed by atoms with Gasteiger partial charge in [-0.05, 0) is 12.1 Å². The van der Waals surface area contributed by atoms with Crippen LogP contribution in [0.5, 0.6) is 5.75 Å². The first-order valence-electron chi connectivity index (χ1n) is 3.75. The number of aromatic nitrogens is 1. The summed E-state index contributed by atoms with van der Waals surface area (Å²) in [7, 11) is 1.71. The molecule has 0 amide bonds. The molecule has 0 saturated carbocycles. The van der Waals surface area contributed by atoms with Gasteiger partial charge in [-0.1, -0.05) is 0 Å². The average Bonchev–Trinajstić information content (AvgIpc) is 2.14. The lowest BCUT2D eigenvalue weighted by Crippen LogP contribution is -2.14. The molecule has 12 heavy (non-hydrogen) atoms. The van der Waals surface area contributed by atoms with Gasteiger partial charge < -0.3 is 4.74 Å². The molecule has 0 radical (unpaired) electrons. The Morgan fingerprint density at radius 3 is 3.08 bits per heavy atom. The van der Waals surface area contributed by atoms with Crippen molar-refractivity contribution >= 4 is 0 Å². The van der Waals surface area contributed by atoms with Crippen molar-refractivity contribution < 1.29 is 9.57 Å². The molecule has 0 atom stereocenters. The molecule has 1 aromatic rings. The zero-order valence-electron chi connectivity index (χ0n) is 6.99. The van der Waals surface area contributed by atoms with Gasteiger partial charge in [0.25, 0.3) is 0 Å². The molecule has 0 fully saturated rings. The van der Waals surface area contributed by atoms with Crippen LogP contribution in [0, 0.1) is 0 Å². The number of ether oxygens (including phenoxy) is 1. The Morgan fingerprint density at radius 2 is 2.42 bits per heavy atom. The largest absolute Gasteiger partial charge is 0.489 e. The van der Waals surface area contributed by atoms with Gasteiger partial charge in [0.15, 0.2) is 0 Å². The third-order valence-electron chi connectivity index (χ3n) is 1.23. The topological polar surface area (TPSA) is 43.4 Å². The second-order valence-electron chi connectivity index (χ2n) is 2.09. The van der Waals surface area contributed by atoms with Crippen molar-refractivity contribution in [2.24, 2.45) is 0 Å². The highest BCUT2D eigenvalue weighted by atomic mass is 16.7. The maximum absolute atomic E-state index is 5.28. The standard InChI is InChI=1S/C8H12N2O2/c1-9-12-6-5-11-8-3-2-4-10-7-8/h2-4,7,9H,5-6H2,1H3. The van der Waals surface area contributed by atoms with E-state index in [0.29, 0.717) is 13.2 Å². The average molecular weight is 168 g/mol. The van der Waals surface area contributed by atoms with Crippen molar-refractivity contribution in [2.75, 3.05) is 20.3 Å². The first-order valence-corrected chi connectivity index (χ1v) is 3.75. The molecule has 0 aromatic carbocycles. The molecule has 0 bridgehead atoms. The van der Waals surface area contributed by atoms with Crippen LogP contribution >= 0.6 is 0 Å². The van der Waals surface area contributed by atoms with Crippen molar-refractivity contribution in [1.29, 1.82) is 0 Å². The van der Waals surface area contributed by atoms with Crippen molar-refractivity contribution in [3.8, 4) is 5.75 Å². The molecule has 1 N–H and O–H groups in total. The van der Waals surface area contributed by atoms with E-state index in [4.69, 9.17) is 9.57 Å². The van der Waals surface area contributed by atoms with Gasteiger partial charge in [0.2, 0.25) is 0 Å². The van der Waals surface area contributed by atoms with Gasteiger partial charge in [0.05, 0.1) is 6.20 Å². The number of pyridine rings is 1. The predicted octanol–water partition coefficient (Wildman–Crippen LogP) is 0.611. The van der Waals surface area contributed by atoms with Gasteiger partial charge in [-0.2, -0.15) is 0 Å². The van der Waals surface area contributed by atoms with Crippen molar-refractivity contribution in [3.05, 3.63) is 24.5 Å². The summed E-state index contributed by atoms with van der Waals surface area (Å²) >= 11 is 0. The number of hydrogen-bond acceptors (Lipinski definition) is 4. The molecule has 1 aromatic heterocycles. The first-order chi connectivity index (χ1) is 5.93.